The normalized spacial score (nSPS) is 10.7. The van der Waals surface area contributed by atoms with Crippen molar-refractivity contribution in [1.82, 2.24) is 15.1 Å². The highest BCUT2D eigenvalue weighted by Gasteiger charge is 2.18. The second kappa shape index (κ2) is 9.34. The van der Waals surface area contributed by atoms with E-state index >= 15 is 0 Å². The summed E-state index contributed by atoms with van der Waals surface area (Å²) in [5, 5.41) is 19.0. The molecule has 2 aromatic carbocycles. The van der Waals surface area contributed by atoms with Crippen molar-refractivity contribution in [3.63, 3.8) is 0 Å². The predicted octanol–water partition coefficient (Wildman–Crippen LogP) is 5.02. The zero-order chi connectivity index (χ0) is 20.8. The molecule has 8 heteroatoms. The number of aromatic nitrogens is 2. The van der Waals surface area contributed by atoms with Gasteiger partial charge >= 0.3 is 0 Å². The van der Waals surface area contributed by atoms with Crippen molar-refractivity contribution in [2.24, 2.45) is 0 Å². The molecule has 0 saturated heterocycles. The number of nitrogens with one attached hydrogen (secondary N) is 1. The Morgan fingerprint density at radius 2 is 1.83 bits per heavy atom. The van der Waals surface area contributed by atoms with Gasteiger partial charge in [0.05, 0.1) is 16.3 Å². The third-order valence-corrected chi connectivity index (χ3v) is 4.70. The van der Waals surface area contributed by atoms with Gasteiger partial charge in [-0.3, -0.25) is 14.9 Å². The Balaban J connectivity index is 1.95. The van der Waals surface area contributed by atoms with Gasteiger partial charge in [-0.2, -0.15) is 5.10 Å². The Morgan fingerprint density at radius 1 is 1.14 bits per heavy atom. The van der Waals surface area contributed by atoms with Gasteiger partial charge < -0.3 is 5.32 Å². The molecule has 0 atom stereocenters. The molecule has 1 N–H and O–H groups in total. The van der Waals surface area contributed by atoms with E-state index in [4.69, 9.17) is 11.6 Å². The highest BCUT2D eigenvalue weighted by Crippen LogP contribution is 2.24. The lowest BCUT2D eigenvalue weighted by atomic mass is 10.1. The molecule has 0 aliphatic rings. The first kappa shape index (κ1) is 20.5. The summed E-state index contributed by atoms with van der Waals surface area (Å²) in [6, 6.07) is 14.8. The Labute approximate surface area is 173 Å². The van der Waals surface area contributed by atoms with E-state index in [9.17, 15) is 14.9 Å². The smallest absolute Gasteiger partial charge is 0.270 e. The molecule has 3 aromatic rings. The molecule has 1 heterocycles. The van der Waals surface area contributed by atoms with Gasteiger partial charge in [-0.05, 0) is 48.9 Å². The van der Waals surface area contributed by atoms with Crippen LogP contribution in [0.5, 0.6) is 0 Å². The number of non-ortho nitro benzene ring substituents is 1. The molecule has 1 aromatic heterocycles. The van der Waals surface area contributed by atoms with Crippen molar-refractivity contribution in [3.05, 3.63) is 75.4 Å². The number of benzene rings is 2. The fourth-order valence-corrected chi connectivity index (χ4v) is 3.01. The number of nitrogens with zero attached hydrogens (tertiary/aromatic N) is 3. The maximum Gasteiger partial charge on any atom is 0.270 e. The van der Waals surface area contributed by atoms with Gasteiger partial charge in [0.1, 0.15) is 5.69 Å². The molecular formula is C21H21ClN4O3. The summed E-state index contributed by atoms with van der Waals surface area (Å²) in [5.74, 6) is -0.225. The summed E-state index contributed by atoms with van der Waals surface area (Å²) < 4.78 is 1.56. The highest BCUT2D eigenvalue weighted by molar-refractivity contribution is 6.30. The number of hydrogen-bond donors (Lipinski definition) is 1. The Bertz CT molecular complexity index is 998. The van der Waals surface area contributed by atoms with Crippen LogP contribution in [0.25, 0.3) is 16.9 Å². The SMILES string of the molecule is CCCCCNC(=O)c1cc(-c2ccc([N+](=O)[O-])cc2)nn1-c1ccc(Cl)cc1. The molecule has 0 aliphatic heterocycles. The number of amides is 1. The van der Waals surface area contributed by atoms with Crippen LogP contribution in [0, 0.1) is 10.1 Å². The molecule has 0 unspecified atom stereocenters. The van der Waals surface area contributed by atoms with Crippen LogP contribution < -0.4 is 5.32 Å². The zero-order valence-corrected chi connectivity index (χ0v) is 16.7. The zero-order valence-electron chi connectivity index (χ0n) is 16.0. The molecule has 0 fully saturated rings. The van der Waals surface area contributed by atoms with Crippen molar-refractivity contribution < 1.29 is 9.72 Å². The summed E-state index contributed by atoms with van der Waals surface area (Å²) in [7, 11) is 0. The van der Waals surface area contributed by atoms with E-state index in [2.05, 4.69) is 17.3 Å². The first-order valence-corrected chi connectivity index (χ1v) is 9.76. The van der Waals surface area contributed by atoms with Crippen LogP contribution in [0.15, 0.2) is 54.6 Å². The number of carbonyl (C=O) groups excluding carboxylic acids is 1. The topological polar surface area (TPSA) is 90.1 Å². The summed E-state index contributed by atoms with van der Waals surface area (Å²) in [6.45, 7) is 2.69. The highest BCUT2D eigenvalue weighted by atomic mass is 35.5. The van der Waals surface area contributed by atoms with Crippen LogP contribution in [-0.2, 0) is 0 Å². The number of nitro groups is 1. The van der Waals surface area contributed by atoms with Crippen molar-refractivity contribution >= 4 is 23.2 Å². The molecular weight excluding hydrogens is 392 g/mol. The van der Waals surface area contributed by atoms with E-state index in [0.29, 0.717) is 34.2 Å². The molecule has 0 saturated carbocycles. The van der Waals surface area contributed by atoms with Gasteiger partial charge in [0.15, 0.2) is 0 Å². The lowest BCUT2D eigenvalue weighted by Gasteiger charge is -2.08. The fourth-order valence-electron chi connectivity index (χ4n) is 2.88. The maximum atomic E-state index is 12.8. The molecule has 0 radical (unpaired) electrons. The molecule has 1 amide bonds. The minimum Gasteiger partial charge on any atom is -0.351 e. The monoisotopic (exact) mass is 412 g/mol. The summed E-state index contributed by atoms with van der Waals surface area (Å²) in [6.07, 6.45) is 3.03. The van der Waals surface area contributed by atoms with Gasteiger partial charge in [-0.25, -0.2) is 4.68 Å². The fraction of sp³-hybridized carbons (Fsp3) is 0.238. The van der Waals surface area contributed by atoms with Gasteiger partial charge in [-0.15, -0.1) is 0 Å². The molecule has 7 nitrogen and oxygen atoms in total. The number of unbranched alkanes of at least 4 members (excludes halogenated alkanes) is 2. The van der Waals surface area contributed by atoms with E-state index in [-0.39, 0.29) is 11.6 Å². The number of rotatable bonds is 8. The number of carbonyl (C=O) groups is 1. The van der Waals surface area contributed by atoms with Crippen molar-refractivity contribution in [1.29, 1.82) is 0 Å². The van der Waals surface area contributed by atoms with E-state index in [1.54, 1.807) is 47.1 Å². The van der Waals surface area contributed by atoms with Crippen LogP contribution in [0.1, 0.15) is 36.7 Å². The lowest BCUT2D eigenvalue weighted by Crippen LogP contribution is -2.26. The minimum atomic E-state index is -0.453. The number of halogens is 1. The largest absolute Gasteiger partial charge is 0.351 e. The van der Waals surface area contributed by atoms with Crippen molar-refractivity contribution in [3.8, 4) is 16.9 Å². The summed E-state index contributed by atoms with van der Waals surface area (Å²) >= 11 is 5.98. The quantitative estimate of drug-likeness (QED) is 0.319. The Kier molecular flexibility index (Phi) is 6.61. The average Bonchev–Trinajstić information content (AvgIpc) is 3.17. The van der Waals surface area contributed by atoms with Crippen LogP contribution in [0.3, 0.4) is 0 Å². The standard InChI is InChI=1S/C21H21ClN4O3/c1-2-3-4-13-23-21(27)20-14-19(15-5-9-18(10-6-15)26(28)29)24-25(20)17-11-7-16(22)8-12-17/h5-12,14H,2-4,13H2,1H3,(H,23,27). The molecule has 0 bridgehead atoms. The van der Waals surface area contributed by atoms with Gasteiger partial charge in [0, 0.05) is 29.3 Å². The van der Waals surface area contributed by atoms with Crippen molar-refractivity contribution in [2.45, 2.75) is 26.2 Å². The van der Waals surface area contributed by atoms with E-state index in [0.717, 1.165) is 19.3 Å². The molecule has 3 rings (SSSR count). The van der Waals surface area contributed by atoms with Crippen LogP contribution in [-0.4, -0.2) is 27.2 Å². The molecule has 0 aliphatic carbocycles. The predicted molar refractivity (Wildman–Crippen MR) is 113 cm³/mol. The molecule has 0 spiro atoms. The Morgan fingerprint density at radius 3 is 2.45 bits per heavy atom. The van der Waals surface area contributed by atoms with E-state index in [1.807, 2.05) is 0 Å². The van der Waals surface area contributed by atoms with E-state index < -0.39 is 4.92 Å². The van der Waals surface area contributed by atoms with E-state index in [1.165, 1.54) is 12.1 Å². The second-order valence-corrected chi connectivity index (χ2v) is 7.01. The van der Waals surface area contributed by atoms with Crippen molar-refractivity contribution in [2.75, 3.05) is 6.54 Å². The van der Waals surface area contributed by atoms with Crippen LogP contribution >= 0.6 is 11.6 Å². The molecule has 150 valence electrons. The average molecular weight is 413 g/mol. The first-order chi connectivity index (χ1) is 14.0. The first-order valence-electron chi connectivity index (χ1n) is 9.38. The van der Waals surface area contributed by atoms with Gasteiger partial charge in [0.2, 0.25) is 0 Å². The summed E-state index contributed by atoms with van der Waals surface area (Å²) in [4.78, 5) is 23.2. The summed E-state index contributed by atoms with van der Waals surface area (Å²) in [5.41, 5.74) is 2.31. The second-order valence-electron chi connectivity index (χ2n) is 6.57. The third kappa shape index (κ3) is 5.00. The lowest BCUT2D eigenvalue weighted by molar-refractivity contribution is -0.384. The third-order valence-electron chi connectivity index (χ3n) is 4.45. The van der Waals surface area contributed by atoms with Gasteiger partial charge in [-0.1, -0.05) is 31.4 Å². The van der Waals surface area contributed by atoms with Gasteiger partial charge in [0.25, 0.3) is 11.6 Å². The number of nitro benzene ring substituents is 1. The number of hydrogen-bond acceptors (Lipinski definition) is 4. The van der Waals surface area contributed by atoms with Crippen LogP contribution in [0.4, 0.5) is 5.69 Å². The molecule has 29 heavy (non-hydrogen) atoms. The maximum absolute atomic E-state index is 12.8. The Hall–Kier alpha value is -3.19. The minimum absolute atomic E-state index is 0.000209. The van der Waals surface area contributed by atoms with Crippen LogP contribution in [0.2, 0.25) is 5.02 Å².